The standard InChI is InChI=1S/C13H22N2O3.ClH/c16-12(14-10-4-1-2-5-10)7-9-15-8-3-6-11(15)13(17)18;/h10-11H,1-9H2,(H,14,16)(H,17,18);1H. The molecule has 0 aromatic rings. The summed E-state index contributed by atoms with van der Waals surface area (Å²) in [4.78, 5) is 24.7. The summed E-state index contributed by atoms with van der Waals surface area (Å²) >= 11 is 0. The molecule has 1 atom stereocenters. The smallest absolute Gasteiger partial charge is 0.320 e. The van der Waals surface area contributed by atoms with Crippen LogP contribution in [0.25, 0.3) is 0 Å². The number of hydrogen-bond donors (Lipinski definition) is 2. The molecule has 1 saturated heterocycles. The lowest BCUT2D eigenvalue weighted by molar-refractivity contribution is -0.142. The van der Waals surface area contributed by atoms with Gasteiger partial charge in [-0.1, -0.05) is 12.8 Å². The molecule has 1 heterocycles. The second-order valence-corrected chi connectivity index (χ2v) is 5.33. The van der Waals surface area contributed by atoms with E-state index in [1.807, 2.05) is 4.90 Å². The van der Waals surface area contributed by atoms with E-state index in [-0.39, 0.29) is 24.4 Å². The van der Waals surface area contributed by atoms with E-state index in [1.54, 1.807) is 0 Å². The average molecular weight is 291 g/mol. The fourth-order valence-corrected chi connectivity index (χ4v) is 2.99. The topological polar surface area (TPSA) is 69.6 Å². The number of nitrogens with one attached hydrogen (secondary N) is 1. The highest BCUT2D eigenvalue weighted by Crippen LogP contribution is 2.19. The fourth-order valence-electron chi connectivity index (χ4n) is 2.99. The van der Waals surface area contributed by atoms with E-state index in [0.29, 0.717) is 25.4 Å². The van der Waals surface area contributed by atoms with Crippen molar-refractivity contribution < 1.29 is 14.7 Å². The minimum Gasteiger partial charge on any atom is -0.480 e. The van der Waals surface area contributed by atoms with E-state index in [4.69, 9.17) is 5.11 Å². The van der Waals surface area contributed by atoms with Crippen molar-refractivity contribution in [3.63, 3.8) is 0 Å². The van der Waals surface area contributed by atoms with Gasteiger partial charge in [0.25, 0.3) is 0 Å². The number of carboxylic acids is 1. The van der Waals surface area contributed by atoms with E-state index < -0.39 is 5.97 Å². The van der Waals surface area contributed by atoms with Gasteiger partial charge in [-0.25, -0.2) is 0 Å². The second-order valence-electron chi connectivity index (χ2n) is 5.33. The molecule has 0 bridgehead atoms. The molecular formula is C13H23ClN2O3. The third kappa shape index (κ3) is 4.66. The quantitative estimate of drug-likeness (QED) is 0.803. The van der Waals surface area contributed by atoms with Gasteiger partial charge in [0.05, 0.1) is 0 Å². The van der Waals surface area contributed by atoms with Crippen molar-refractivity contribution in [3.8, 4) is 0 Å². The van der Waals surface area contributed by atoms with Crippen molar-refractivity contribution in [2.24, 2.45) is 0 Å². The second kappa shape index (κ2) is 7.70. The van der Waals surface area contributed by atoms with Gasteiger partial charge in [-0.05, 0) is 32.2 Å². The Balaban J connectivity index is 0.00000180. The number of rotatable bonds is 5. The molecule has 2 aliphatic rings. The Hall–Kier alpha value is -0.810. The summed E-state index contributed by atoms with van der Waals surface area (Å²) in [5.41, 5.74) is 0. The maximum atomic E-state index is 11.7. The zero-order valence-corrected chi connectivity index (χ0v) is 12.0. The van der Waals surface area contributed by atoms with Crippen LogP contribution in [0, 0.1) is 0 Å². The minimum absolute atomic E-state index is 0. The van der Waals surface area contributed by atoms with Gasteiger partial charge in [-0.2, -0.15) is 0 Å². The van der Waals surface area contributed by atoms with Crippen LogP contribution in [0.5, 0.6) is 0 Å². The molecule has 110 valence electrons. The first-order valence-corrected chi connectivity index (χ1v) is 6.93. The van der Waals surface area contributed by atoms with Gasteiger partial charge >= 0.3 is 5.97 Å². The number of halogens is 1. The van der Waals surface area contributed by atoms with Crippen LogP contribution < -0.4 is 5.32 Å². The molecule has 1 unspecified atom stereocenters. The van der Waals surface area contributed by atoms with Crippen molar-refractivity contribution in [3.05, 3.63) is 0 Å². The van der Waals surface area contributed by atoms with Crippen LogP contribution >= 0.6 is 12.4 Å². The van der Waals surface area contributed by atoms with Gasteiger partial charge < -0.3 is 10.4 Å². The highest BCUT2D eigenvalue weighted by atomic mass is 35.5. The molecule has 5 nitrogen and oxygen atoms in total. The summed E-state index contributed by atoms with van der Waals surface area (Å²) in [5.74, 6) is -0.693. The number of nitrogens with zero attached hydrogens (tertiary/aromatic N) is 1. The highest BCUT2D eigenvalue weighted by molar-refractivity contribution is 5.85. The Labute approximate surface area is 120 Å². The zero-order valence-electron chi connectivity index (χ0n) is 11.1. The fraction of sp³-hybridized carbons (Fsp3) is 0.846. The Morgan fingerprint density at radius 2 is 1.84 bits per heavy atom. The van der Waals surface area contributed by atoms with Crippen molar-refractivity contribution in [2.75, 3.05) is 13.1 Å². The summed E-state index contributed by atoms with van der Waals surface area (Å²) in [5, 5.41) is 12.1. The van der Waals surface area contributed by atoms with E-state index >= 15 is 0 Å². The van der Waals surface area contributed by atoms with Crippen LogP contribution in [-0.4, -0.2) is 47.1 Å². The summed E-state index contributed by atoms with van der Waals surface area (Å²) in [6.07, 6.45) is 6.64. The number of amides is 1. The first kappa shape index (κ1) is 16.2. The predicted molar refractivity (Wildman–Crippen MR) is 74.5 cm³/mol. The molecule has 2 fully saturated rings. The Bertz CT molecular complexity index is 319. The first-order chi connectivity index (χ1) is 8.66. The lowest BCUT2D eigenvalue weighted by Crippen LogP contribution is -2.40. The molecular weight excluding hydrogens is 268 g/mol. The molecule has 1 saturated carbocycles. The maximum Gasteiger partial charge on any atom is 0.320 e. The van der Waals surface area contributed by atoms with Crippen LogP contribution in [0.4, 0.5) is 0 Å². The van der Waals surface area contributed by atoms with E-state index in [0.717, 1.165) is 25.8 Å². The van der Waals surface area contributed by atoms with Crippen molar-refractivity contribution in [1.82, 2.24) is 10.2 Å². The van der Waals surface area contributed by atoms with Crippen molar-refractivity contribution in [1.29, 1.82) is 0 Å². The molecule has 19 heavy (non-hydrogen) atoms. The number of carboxylic acid groups (broad SMARTS) is 1. The van der Waals surface area contributed by atoms with Gasteiger partial charge in [-0.3, -0.25) is 14.5 Å². The number of hydrogen-bond acceptors (Lipinski definition) is 3. The van der Waals surface area contributed by atoms with Crippen LogP contribution in [0.2, 0.25) is 0 Å². The van der Waals surface area contributed by atoms with E-state index in [2.05, 4.69) is 5.32 Å². The molecule has 1 amide bonds. The Morgan fingerprint density at radius 1 is 1.16 bits per heavy atom. The van der Waals surface area contributed by atoms with Gasteiger partial charge in [0, 0.05) is 19.0 Å². The molecule has 2 N–H and O–H groups in total. The molecule has 2 rings (SSSR count). The third-order valence-corrected chi connectivity index (χ3v) is 4.00. The number of carbonyl (C=O) groups excluding carboxylic acids is 1. The summed E-state index contributed by atoms with van der Waals surface area (Å²) in [6.45, 7) is 1.36. The lowest BCUT2D eigenvalue weighted by Gasteiger charge is -2.21. The Kier molecular flexibility index (Phi) is 6.58. The van der Waals surface area contributed by atoms with Crippen LogP contribution in [-0.2, 0) is 9.59 Å². The van der Waals surface area contributed by atoms with Crippen LogP contribution in [0.3, 0.4) is 0 Å². The highest BCUT2D eigenvalue weighted by Gasteiger charge is 2.30. The van der Waals surface area contributed by atoms with E-state index in [1.165, 1.54) is 12.8 Å². The zero-order chi connectivity index (χ0) is 13.0. The monoisotopic (exact) mass is 290 g/mol. The predicted octanol–water partition coefficient (Wildman–Crippen LogP) is 1.41. The minimum atomic E-state index is -0.760. The SMILES string of the molecule is Cl.O=C(CCN1CCCC1C(=O)O)NC1CCCC1. The van der Waals surface area contributed by atoms with Crippen molar-refractivity contribution in [2.45, 2.75) is 57.0 Å². The van der Waals surface area contributed by atoms with Crippen molar-refractivity contribution >= 4 is 24.3 Å². The summed E-state index contributed by atoms with van der Waals surface area (Å²) in [7, 11) is 0. The van der Waals surface area contributed by atoms with Crippen LogP contribution in [0.15, 0.2) is 0 Å². The largest absolute Gasteiger partial charge is 0.480 e. The number of carbonyl (C=O) groups is 2. The van der Waals surface area contributed by atoms with Gasteiger partial charge in [0.15, 0.2) is 0 Å². The maximum absolute atomic E-state index is 11.7. The normalized spacial score (nSPS) is 24.1. The Morgan fingerprint density at radius 3 is 2.47 bits per heavy atom. The average Bonchev–Trinajstić information content (AvgIpc) is 2.96. The summed E-state index contributed by atoms with van der Waals surface area (Å²) < 4.78 is 0. The molecule has 0 aromatic carbocycles. The third-order valence-electron chi connectivity index (χ3n) is 4.00. The first-order valence-electron chi connectivity index (χ1n) is 6.93. The molecule has 1 aliphatic carbocycles. The van der Waals surface area contributed by atoms with E-state index in [9.17, 15) is 9.59 Å². The number of aliphatic carboxylic acids is 1. The molecule has 0 aromatic heterocycles. The molecule has 1 aliphatic heterocycles. The van der Waals surface area contributed by atoms with Gasteiger partial charge in [-0.15, -0.1) is 12.4 Å². The van der Waals surface area contributed by atoms with Crippen LogP contribution in [0.1, 0.15) is 44.9 Å². The van der Waals surface area contributed by atoms with Gasteiger partial charge in [0.1, 0.15) is 6.04 Å². The molecule has 0 radical (unpaired) electrons. The summed E-state index contributed by atoms with van der Waals surface area (Å²) in [6, 6.07) is -0.0318. The molecule has 6 heteroatoms. The number of likely N-dealkylation sites (tertiary alicyclic amines) is 1. The lowest BCUT2D eigenvalue weighted by atomic mass is 10.2. The molecule has 0 spiro atoms. The van der Waals surface area contributed by atoms with Gasteiger partial charge in [0.2, 0.25) is 5.91 Å².